The second-order valence-electron chi connectivity index (χ2n) is 3.12. The highest BCUT2D eigenvalue weighted by Gasteiger charge is 2.10. The molecule has 0 aliphatic rings. The molecule has 0 spiro atoms. The Morgan fingerprint density at radius 2 is 2.13 bits per heavy atom. The molecule has 4 heteroatoms. The van der Waals surface area contributed by atoms with E-state index >= 15 is 0 Å². The van der Waals surface area contributed by atoms with Gasteiger partial charge >= 0.3 is 0 Å². The molecule has 1 heterocycles. The third kappa shape index (κ3) is 2.09. The largest absolute Gasteiger partial charge is 0.463 e. The Morgan fingerprint density at radius 3 is 2.67 bits per heavy atom. The van der Waals surface area contributed by atoms with Crippen LogP contribution in [0.1, 0.15) is 5.56 Å². The van der Waals surface area contributed by atoms with Crippen LogP contribution in [0, 0.1) is 0 Å². The standard InChI is InChI=1S/C11H9BrClNO/c12-9-3-4-15-11(9)8-2-1-7(6-14)5-10(8)13/h1-5H,6,14H2. The fraction of sp³-hybridized carbons (Fsp3) is 0.0909. The van der Waals surface area contributed by atoms with Crippen LogP contribution in [0.25, 0.3) is 11.3 Å². The van der Waals surface area contributed by atoms with Crippen LogP contribution in [0.15, 0.2) is 39.4 Å². The van der Waals surface area contributed by atoms with Gasteiger partial charge in [0.05, 0.1) is 15.8 Å². The van der Waals surface area contributed by atoms with Crippen LogP contribution in [0.4, 0.5) is 0 Å². The van der Waals surface area contributed by atoms with E-state index in [-0.39, 0.29) is 0 Å². The Hall–Kier alpha value is -0.770. The lowest BCUT2D eigenvalue weighted by Gasteiger charge is -2.04. The smallest absolute Gasteiger partial charge is 0.149 e. The minimum absolute atomic E-state index is 0.485. The number of rotatable bonds is 2. The summed E-state index contributed by atoms with van der Waals surface area (Å²) in [6, 6.07) is 7.54. The Kier molecular flexibility index (Phi) is 3.14. The molecule has 1 aromatic carbocycles. The van der Waals surface area contributed by atoms with E-state index in [4.69, 9.17) is 21.8 Å². The molecule has 15 heavy (non-hydrogen) atoms. The Balaban J connectivity index is 2.50. The molecule has 0 aliphatic heterocycles. The van der Waals surface area contributed by atoms with Gasteiger partial charge in [-0.25, -0.2) is 0 Å². The predicted octanol–water partition coefficient (Wildman–Crippen LogP) is 3.82. The predicted molar refractivity (Wildman–Crippen MR) is 64.7 cm³/mol. The number of nitrogens with two attached hydrogens (primary N) is 1. The molecule has 78 valence electrons. The number of halogens is 2. The van der Waals surface area contributed by atoms with Gasteiger partial charge in [0.2, 0.25) is 0 Å². The molecular formula is C11H9BrClNO. The summed E-state index contributed by atoms with van der Waals surface area (Å²) in [5.41, 5.74) is 7.40. The molecule has 0 atom stereocenters. The minimum Gasteiger partial charge on any atom is -0.463 e. The zero-order chi connectivity index (χ0) is 10.8. The van der Waals surface area contributed by atoms with Crippen LogP contribution < -0.4 is 5.73 Å². The third-order valence-corrected chi connectivity index (χ3v) is 3.07. The number of benzene rings is 1. The lowest BCUT2D eigenvalue weighted by molar-refractivity contribution is 0.581. The average Bonchev–Trinajstić information content (AvgIpc) is 2.64. The van der Waals surface area contributed by atoms with Crippen molar-refractivity contribution in [3.8, 4) is 11.3 Å². The van der Waals surface area contributed by atoms with Gasteiger partial charge in [0.15, 0.2) is 0 Å². The highest BCUT2D eigenvalue weighted by molar-refractivity contribution is 9.10. The van der Waals surface area contributed by atoms with E-state index in [0.717, 1.165) is 21.4 Å². The molecule has 1 aromatic heterocycles. The first-order valence-electron chi connectivity index (χ1n) is 4.44. The van der Waals surface area contributed by atoms with E-state index in [9.17, 15) is 0 Å². The zero-order valence-corrected chi connectivity index (χ0v) is 10.2. The summed E-state index contributed by atoms with van der Waals surface area (Å²) in [4.78, 5) is 0. The fourth-order valence-corrected chi connectivity index (χ4v) is 2.06. The van der Waals surface area contributed by atoms with Crippen molar-refractivity contribution in [1.29, 1.82) is 0 Å². The van der Waals surface area contributed by atoms with Crippen molar-refractivity contribution in [3.63, 3.8) is 0 Å². The van der Waals surface area contributed by atoms with E-state index in [1.165, 1.54) is 0 Å². The summed E-state index contributed by atoms with van der Waals surface area (Å²) >= 11 is 9.53. The van der Waals surface area contributed by atoms with Gasteiger partial charge in [-0.1, -0.05) is 17.7 Å². The molecule has 2 aromatic rings. The van der Waals surface area contributed by atoms with E-state index < -0.39 is 0 Å². The van der Waals surface area contributed by atoms with Crippen molar-refractivity contribution in [2.45, 2.75) is 6.54 Å². The Bertz CT molecular complexity index is 481. The average molecular weight is 287 g/mol. The van der Waals surface area contributed by atoms with Crippen LogP contribution in [0.5, 0.6) is 0 Å². The quantitative estimate of drug-likeness (QED) is 0.911. The highest BCUT2D eigenvalue weighted by atomic mass is 79.9. The maximum atomic E-state index is 6.14. The van der Waals surface area contributed by atoms with Crippen LogP contribution in [0.2, 0.25) is 5.02 Å². The van der Waals surface area contributed by atoms with Crippen LogP contribution in [0.3, 0.4) is 0 Å². The molecule has 0 saturated heterocycles. The van der Waals surface area contributed by atoms with E-state index in [2.05, 4.69) is 15.9 Å². The number of hydrogen-bond acceptors (Lipinski definition) is 2. The second-order valence-corrected chi connectivity index (χ2v) is 4.38. The van der Waals surface area contributed by atoms with E-state index in [1.54, 1.807) is 6.26 Å². The second kappa shape index (κ2) is 4.39. The first-order chi connectivity index (χ1) is 7.22. The van der Waals surface area contributed by atoms with Gasteiger partial charge in [-0.3, -0.25) is 0 Å². The maximum Gasteiger partial charge on any atom is 0.149 e. The monoisotopic (exact) mass is 285 g/mol. The van der Waals surface area contributed by atoms with Crippen LogP contribution >= 0.6 is 27.5 Å². The first-order valence-corrected chi connectivity index (χ1v) is 5.61. The van der Waals surface area contributed by atoms with Crippen molar-refractivity contribution in [3.05, 3.63) is 45.6 Å². The topological polar surface area (TPSA) is 39.2 Å². The minimum atomic E-state index is 0.485. The molecule has 0 fully saturated rings. The molecule has 0 saturated carbocycles. The molecule has 2 rings (SSSR count). The highest BCUT2D eigenvalue weighted by Crippen LogP contribution is 2.34. The summed E-state index contributed by atoms with van der Waals surface area (Å²) in [6.45, 7) is 0.485. The molecule has 0 radical (unpaired) electrons. The normalized spacial score (nSPS) is 10.6. The molecule has 0 bridgehead atoms. The van der Waals surface area contributed by atoms with Crippen molar-refractivity contribution >= 4 is 27.5 Å². The lowest BCUT2D eigenvalue weighted by Crippen LogP contribution is -1.95. The van der Waals surface area contributed by atoms with Gasteiger partial charge in [0.25, 0.3) is 0 Å². The van der Waals surface area contributed by atoms with Gasteiger partial charge in [-0.05, 0) is 39.7 Å². The van der Waals surface area contributed by atoms with Gasteiger partial charge in [-0.2, -0.15) is 0 Å². The van der Waals surface area contributed by atoms with Crippen LogP contribution in [-0.2, 0) is 6.54 Å². The van der Waals surface area contributed by atoms with E-state index in [1.807, 2.05) is 24.3 Å². The van der Waals surface area contributed by atoms with Gasteiger partial charge in [0, 0.05) is 12.1 Å². The summed E-state index contributed by atoms with van der Waals surface area (Å²) in [6.07, 6.45) is 1.62. The summed E-state index contributed by atoms with van der Waals surface area (Å²) < 4.78 is 6.24. The van der Waals surface area contributed by atoms with Gasteiger partial charge in [0.1, 0.15) is 5.76 Å². The number of furan rings is 1. The van der Waals surface area contributed by atoms with Crippen molar-refractivity contribution in [2.75, 3.05) is 0 Å². The molecular weight excluding hydrogens is 277 g/mol. The third-order valence-electron chi connectivity index (χ3n) is 2.13. The van der Waals surface area contributed by atoms with E-state index in [0.29, 0.717) is 11.6 Å². The molecule has 2 N–H and O–H groups in total. The first kappa shape index (κ1) is 10.7. The van der Waals surface area contributed by atoms with Crippen molar-refractivity contribution < 1.29 is 4.42 Å². The summed E-state index contributed by atoms with van der Waals surface area (Å²) in [5, 5.41) is 0.647. The zero-order valence-electron chi connectivity index (χ0n) is 7.84. The van der Waals surface area contributed by atoms with Crippen LogP contribution in [-0.4, -0.2) is 0 Å². The molecule has 0 amide bonds. The maximum absolute atomic E-state index is 6.14. The van der Waals surface area contributed by atoms with Gasteiger partial charge in [-0.15, -0.1) is 0 Å². The molecule has 0 aliphatic carbocycles. The molecule has 0 unspecified atom stereocenters. The fourth-order valence-electron chi connectivity index (χ4n) is 1.36. The lowest BCUT2D eigenvalue weighted by atomic mass is 10.1. The Morgan fingerprint density at radius 1 is 1.33 bits per heavy atom. The Labute approximate surface area is 101 Å². The number of hydrogen-bond donors (Lipinski definition) is 1. The van der Waals surface area contributed by atoms with Crippen molar-refractivity contribution in [2.24, 2.45) is 5.73 Å². The SMILES string of the molecule is NCc1ccc(-c2occc2Br)c(Cl)c1. The molecule has 2 nitrogen and oxygen atoms in total. The van der Waals surface area contributed by atoms with Gasteiger partial charge < -0.3 is 10.2 Å². The van der Waals surface area contributed by atoms with Crippen molar-refractivity contribution in [1.82, 2.24) is 0 Å². The summed E-state index contributed by atoms with van der Waals surface area (Å²) in [7, 11) is 0. The summed E-state index contributed by atoms with van der Waals surface area (Å²) in [5.74, 6) is 0.739.